The number of nitro benzene ring substituents is 1. The Balaban J connectivity index is 1.68. The average Bonchev–Trinajstić information content (AvgIpc) is 2.67. The van der Waals surface area contributed by atoms with Gasteiger partial charge in [0.1, 0.15) is 12.2 Å². The second kappa shape index (κ2) is 8.20. The van der Waals surface area contributed by atoms with Crippen LogP contribution in [0.1, 0.15) is 28.4 Å². The lowest BCUT2D eigenvalue weighted by molar-refractivity contribution is -0.914. The third kappa shape index (κ3) is 4.92. The van der Waals surface area contributed by atoms with Gasteiger partial charge in [0, 0.05) is 17.2 Å². The zero-order chi connectivity index (χ0) is 21.2. The molecule has 29 heavy (non-hydrogen) atoms. The molecule has 1 aliphatic heterocycles. The van der Waals surface area contributed by atoms with Gasteiger partial charge in [-0.05, 0) is 31.2 Å². The molecular formula is C20H21F3N3O3+. The minimum absolute atomic E-state index is 0.112. The number of nitro groups is 1. The molecule has 9 heteroatoms. The minimum atomic E-state index is -4.37. The fourth-order valence-corrected chi connectivity index (χ4v) is 3.54. The van der Waals surface area contributed by atoms with Gasteiger partial charge in [-0.3, -0.25) is 14.9 Å². The second-order valence-corrected chi connectivity index (χ2v) is 7.13. The topological polar surface area (TPSA) is 67.9 Å². The highest BCUT2D eigenvalue weighted by Gasteiger charge is 2.31. The number of rotatable bonds is 5. The van der Waals surface area contributed by atoms with Gasteiger partial charge in [-0.2, -0.15) is 13.2 Å². The van der Waals surface area contributed by atoms with E-state index in [2.05, 4.69) is 0 Å². The van der Waals surface area contributed by atoms with Crippen LogP contribution in [0.2, 0.25) is 0 Å². The van der Waals surface area contributed by atoms with E-state index >= 15 is 0 Å². The summed E-state index contributed by atoms with van der Waals surface area (Å²) in [5.41, 5.74) is 0.584. The Morgan fingerprint density at radius 3 is 2.45 bits per heavy atom. The smallest absolute Gasteiger partial charge is 0.355 e. The van der Waals surface area contributed by atoms with Gasteiger partial charge in [0.15, 0.2) is 5.78 Å². The number of halogens is 3. The van der Waals surface area contributed by atoms with Crippen LogP contribution < -0.4 is 9.80 Å². The summed E-state index contributed by atoms with van der Waals surface area (Å²) in [6.07, 6.45) is -4.37. The lowest BCUT2D eigenvalue weighted by Gasteiger charge is -2.33. The summed E-state index contributed by atoms with van der Waals surface area (Å²) < 4.78 is 38.6. The van der Waals surface area contributed by atoms with E-state index in [-0.39, 0.29) is 17.0 Å². The first kappa shape index (κ1) is 20.8. The van der Waals surface area contributed by atoms with Crippen LogP contribution in [-0.2, 0) is 12.7 Å². The molecule has 0 spiro atoms. The van der Waals surface area contributed by atoms with Crippen molar-refractivity contribution in [2.24, 2.45) is 0 Å². The molecule has 1 aliphatic rings. The highest BCUT2D eigenvalue weighted by atomic mass is 19.4. The SMILES string of the molecule is CC(=O)c1ccc(N2CC[NH+](Cc3cccc(C(F)(F)F)c3)CC2)c([N+](=O)[O-])c1. The molecule has 0 bridgehead atoms. The largest absolute Gasteiger partial charge is 0.416 e. The monoisotopic (exact) mass is 408 g/mol. The van der Waals surface area contributed by atoms with Crippen LogP contribution in [0, 0.1) is 10.1 Å². The van der Waals surface area contributed by atoms with Crippen molar-refractivity contribution in [1.29, 1.82) is 0 Å². The van der Waals surface area contributed by atoms with Crippen LogP contribution in [0.15, 0.2) is 42.5 Å². The van der Waals surface area contributed by atoms with Gasteiger partial charge in [-0.15, -0.1) is 0 Å². The number of piperazine rings is 1. The second-order valence-electron chi connectivity index (χ2n) is 7.13. The lowest BCUT2D eigenvalue weighted by atomic mass is 10.1. The van der Waals surface area contributed by atoms with Crippen molar-refractivity contribution >= 4 is 17.2 Å². The number of benzene rings is 2. The van der Waals surface area contributed by atoms with Crippen LogP contribution in [0.4, 0.5) is 24.5 Å². The van der Waals surface area contributed by atoms with E-state index in [0.29, 0.717) is 44.0 Å². The Kier molecular flexibility index (Phi) is 5.88. The molecule has 1 N–H and O–H groups in total. The molecule has 2 aromatic rings. The van der Waals surface area contributed by atoms with Crippen LogP contribution in [0.5, 0.6) is 0 Å². The highest BCUT2D eigenvalue weighted by Crippen LogP contribution is 2.30. The summed E-state index contributed by atoms with van der Waals surface area (Å²) in [5.74, 6) is -0.241. The fourth-order valence-electron chi connectivity index (χ4n) is 3.54. The number of alkyl halides is 3. The van der Waals surface area contributed by atoms with Crippen molar-refractivity contribution in [2.75, 3.05) is 31.1 Å². The third-order valence-corrected chi connectivity index (χ3v) is 5.10. The van der Waals surface area contributed by atoms with Gasteiger partial charge in [0.2, 0.25) is 0 Å². The van der Waals surface area contributed by atoms with E-state index in [1.807, 2.05) is 4.90 Å². The van der Waals surface area contributed by atoms with Gasteiger partial charge in [0.25, 0.3) is 5.69 Å². The normalized spacial score (nSPS) is 15.4. The molecule has 2 aromatic carbocycles. The molecule has 0 aromatic heterocycles. The summed E-state index contributed by atoms with van der Waals surface area (Å²) in [4.78, 5) is 25.4. The van der Waals surface area contributed by atoms with Gasteiger partial charge < -0.3 is 9.80 Å². The predicted molar refractivity (Wildman–Crippen MR) is 101 cm³/mol. The molecule has 0 aliphatic carbocycles. The quantitative estimate of drug-likeness (QED) is 0.469. The van der Waals surface area contributed by atoms with Gasteiger partial charge in [-0.1, -0.05) is 12.1 Å². The van der Waals surface area contributed by atoms with E-state index in [0.717, 1.165) is 11.0 Å². The Morgan fingerprint density at radius 1 is 1.17 bits per heavy atom. The first-order valence-corrected chi connectivity index (χ1v) is 9.19. The highest BCUT2D eigenvalue weighted by molar-refractivity contribution is 5.95. The summed E-state index contributed by atoms with van der Waals surface area (Å²) in [7, 11) is 0. The number of ketones is 1. The molecule has 0 radical (unpaired) electrons. The summed E-state index contributed by atoms with van der Waals surface area (Å²) >= 11 is 0. The first-order valence-electron chi connectivity index (χ1n) is 9.19. The average molecular weight is 408 g/mol. The Morgan fingerprint density at radius 2 is 1.86 bits per heavy atom. The maximum atomic E-state index is 12.9. The number of quaternary nitrogens is 1. The van der Waals surface area contributed by atoms with Crippen molar-refractivity contribution in [2.45, 2.75) is 19.6 Å². The van der Waals surface area contributed by atoms with E-state index in [1.54, 1.807) is 18.2 Å². The molecule has 0 atom stereocenters. The van der Waals surface area contributed by atoms with Crippen molar-refractivity contribution in [3.63, 3.8) is 0 Å². The number of nitrogens with zero attached hydrogens (tertiary/aromatic N) is 2. The zero-order valence-electron chi connectivity index (χ0n) is 15.8. The first-order chi connectivity index (χ1) is 13.6. The number of carbonyl (C=O) groups excluding carboxylic acids is 1. The van der Waals surface area contributed by atoms with Crippen molar-refractivity contribution in [3.8, 4) is 0 Å². The van der Waals surface area contributed by atoms with E-state index < -0.39 is 16.7 Å². The molecule has 1 fully saturated rings. The predicted octanol–water partition coefficient (Wildman–Crippen LogP) is 2.72. The lowest BCUT2D eigenvalue weighted by Crippen LogP contribution is -3.13. The summed E-state index contributed by atoms with van der Waals surface area (Å²) in [6, 6.07) is 9.78. The maximum absolute atomic E-state index is 12.9. The molecule has 1 saturated heterocycles. The number of hydrogen-bond acceptors (Lipinski definition) is 4. The Labute approximate surface area is 165 Å². The van der Waals surface area contributed by atoms with Crippen LogP contribution in [-0.4, -0.2) is 36.9 Å². The maximum Gasteiger partial charge on any atom is 0.416 e. The molecule has 0 amide bonds. The summed E-state index contributed by atoms with van der Waals surface area (Å²) in [6.45, 7) is 4.17. The van der Waals surface area contributed by atoms with Gasteiger partial charge >= 0.3 is 6.18 Å². The standard InChI is InChI=1S/C20H20F3N3O3/c1-14(27)16-5-6-18(19(12-16)26(28)29)25-9-7-24(8-10-25)13-15-3-2-4-17(11-15)20(21,22)23/h2-6,11-12H,7-10,13H2,1H3/p+1. The van der Waals surface area contributed by atoms with Gasteiger partial charge in [-0.25, -0.2) is 0 Å². The molecular weight excluding hydrogens is 387 g/mol. The molecule has 0 saturated carbocycles. The van der Waals surface area contributed by atoms with Crippen molar-refractivity contribution < 1.29 is 27.8 Å². The van der Waals surface area contributed by atoms with E-state index in [1.165, 1.54) is 25.1 Å². The fraction of sp³-hybridized carbons (Fsp3) is 0.350. The van der Waals surface area contributed by atoms with Crippen LogP contribution >= 0.6 is 0 Å². The number of anilines is 1. The summed E-state index contributed by atoms with van der Waals surface area (Å²) in [5, 5.41) is 11.4. The van der Waals surface area contributed by atoms with E-state index in [9.17, 15) is 28.1 Å². The van der Waals surface area contributed by atoms with Crippen molar-refractivity contribution in [1.82, 2.24) is 0 Å². The van der Waals surface area contributed by atoms with Crippen LogP contribution in [0.3, 0.4) is 0 Å². The molecule has 154 valence electrons. The van der Waals surface area contributed by atoms with Gasteiger partial charge in [0.05, 0.1) is 36.7 Å². The minimum Gasteiger partial charge on any atom is -0.355 e. The number of carbonyl (C=O) groups is 1. The number of nitrogens with one attached hydrogen (secondary N) is 1. The number of Topliss-reactive ketones (excluding diaryl/α,β-unsaturated/α-hetero) is 1. The Bertz CT molecular complexity index is 923. The van der Waals surface area contributed by atoms with Crippen LogP contribution in [0.25, 0.3) is 0 Å². The number of hydrogen-bond donors (Lipinski definition) is 1. The molecule has 1 heterocycles. The molecule has 0 unspecified atom stereocenters. The Hall–Kier alpha value is -2.94. The third-order valence-electron chi connectivity index (χ3n) is 5.10. The molecule has 6 nitrogen and oxygen atoms in total. The zero-order valence-corrected chi connectivity index (χ0v) is 15.8. The molecule has 3 rings (SSSR count). The van der Waals surface area contributed by atoms with E-state index in [4.69, 9.17) is 0 Å². The van der Waals surface area contributed by atoms with Crippen molar-refractivity contribution in [3.05, 3.63) is 69.3 Å².